The molecule has 10 heteroatoms. The maximum atomic E-state index is 14.4. The van der Waals surface area contributed by atoms with Crippen LogP contribution in [0, 0.1) is 5.82 Å². The van der Waals surface area contributed by atoms with Crippen LogP contribution in [0.5, 0.6) is 5.75 Å². The summed E-state index contributed by atoms with van der Waals surface area (Å²) in [5, 5.41) is 8.90. The van der Waals surface area contributed by atoms with Crippen molar-refractivity contribution in [2.75, 3.05) is 16.0 Å². The Bertz CT molecular complexity index is 1350. The third-order valence-electron chi connectivity index (χ3n) is 4.61. The van der Waals surface area contributed by atoms with Crippen LogP contribution in [-0.4, -0.2) is 20.9 Å². The SMILES string of the molecule is C=CC(=O)Nc1cccc(Nc2nc(Nc3ccc(OCc4ccccn4)c(Cl)c3)ncc2F)c1. The second-order valence-electron chi connectivity index (χ2n) is 7.17. The lowest BCUT2D eigenvalue weighted by atomic mass is 10.2. The van der Waals surface area contributed by atoms with E-state index in [1.165, 1.54) is 0 Å². The number of benzene rings is 2. The van der Waals surface area contributed by atoms with E-state index in [0.29, 0.717) is 27.8 Å². The Morgan fingerprint density at radius 2 is 1.86 bits per heavy atom. The summed E-state index contributed by atoms with van der Waals surface area (Å²) in [6, 6.07) is 17.4. The molecule has 0 aliphatic heterocycles. The zero-order valence-electron chi connectivity index (χ0n) is 18.3. The van der Waals surface area contributed by atoms with E-state index in [1.807, 2.05) is 18.2 Å². The normalized spacial score (nSPS) is 10.3. The van der Waals surface area contributed by atoms with Crippen LogP contribution in [-0.2, 0) is 11.4 Å². The predicted molar refractivity (Wildman–Crippen MR) is 134 cm³/mol. The monoisotopic (exact) mass is 490 g/mol. The Kier molecular flexibility index (Phi) is 7.49. The molecule has 0 radical (unpaired) electrons. The first-order valence-electron chi connectivity index (χ1n) is 10.4. The molecule has 2 aromatic heterocycles. The van der Waals surface area contributed by atoms with Crippen molar-refractivity contribution in [1.29, 1.82) is 0 Å². The van der Waals surface area contributed by atoms with Crippen LogP contribution < -0.4 is 20.7 Å². The molecule has 0 unspecified atom stereocenters. The Morgan fingerprint density at radius 3 is 2.63 bits per heavy atom. The molecule has 4 rings (SSSR count). The van der Waals surface area contributed by atoms with Gasteiger partial charge in [-0.25, -0.2) is 9.37 Å². The largest absolute Gasteiger partial charge is 0.486 e. The second kappa shape index (κ2) is 11.1. The maximum absolute atomic E-state index is 14.4. The number of carbonyl (C=O) groups excluding carboxylic acids is 1. The van der Waals surface area contributed by atoms with Crippen molar-refractivity contribution in [3.05, 3.63) is 102 Å². The van der Waals surface area contributed by atoms with Gasteiger partial charge in [-0.05, 0) is 54.6 Å². The van der Waals surface area contributed by atoms with Crippen LogP contribution in [0.3, 0.4) is 0 Å². The minimum atomic E-state index is -0.646. The molecule has 0 aliphatic carbocycles. The average Bonchev–Trinajstić information content (AvgIpc) is 2.86. The molecule has 0 bridgehead atoms. The fourth-order valence-electron chi connectivity index (χ4n) is 2.98. The van der Waals surface area contributed by atoms with Crippen molar-refractivity contribution in [3.8, 4) is 5.75 Å². The number of anilines is 5. The van der Waals surface area contributed by atoms with Gasteiger partial charge in [0.15, 0.2) is 11.6 Å². The minimum absolute atomic E-state index is 0.0453. The molecule has 4 aromatic rings. The van der Waals surface area contributed by atoms with Gasteiger partial charge in [-0.3, -0.25) is 9.78 Å². The first-order chi connectivity index (χ1) is 17.0. The summed E-state index contributed by atoms with van der Waals surface area (Å²) in [6.45, 7) is 3.70. The van der Waals surface area contributed by atoms with Gasteiger partial charge in [0.1, 0.15) is 12.4 Å². The molecule has 2 heterocycles. The van der Waals surface area contributed by atoms with Gasteiger partial charge in [0, 0.05) is 23.3 Å². The van der Waals surface area contributed by atoms with Gasteiger partial charge in [0.2, 0.25) is 11.9 Å². The van der Waals surface area contributed by atoms with Crippen LogP contribution in [0.1, 0.15) is 5.69 Å². The summed E-state index contributed by atoms with van der Waals surface area (Å²) in [5.74, 6) is -0.394. The third-order valence-corrected chi connectivity index (χ3v) is 4.91. The quantitative estimate of drug-likeness (QED) is 0.253. The van der Waals surface area contributed by atoms with E-state index >= 15 is 0 Å². The molecular formula is C25H20ClFN6O2. The van der Waals surface area contributed by atoms with Gasteiger partial charge < -0.3 is 20.7 Å². The van der Waals surface area contributed by atoms with Crippen LogP contribution in [0.4, 0.5) is 33.2 Å². The number of aromatic nitrogens is 3. The molecule has 0 saturated carbocycles. The summed E-state index contributed by atoms with van der Waals surface area (Å²) in [4.78, 5) is 23.9. The lowest BCUT2D eigenvalue weighted by molar-refractivity contribution is -0.111. The van der Waals surface area contributed by atoms with Crippen LogP contribution >= 0.6 is 11.6 Å². The van der Waals surface area contributed by atoms with Gasteiger partial charge in [0.05, 0.1) is 16.9 Å². The highest BCUT2D eigenvalue weighted by Crippen LogP contribution is 2.30. The fraction of sp³-hybridized carbons (Fsp3) is 0.0400. The number of pyridine rings is 1. The zero-order valence-corrected chi connectivity index (χ0v) is 19.1. The van der Waals surface area contributed by atoms with Crippen molar-refractivity contribution in [3.63, 3.8) is 0 Å². The van der Waals surface area contributed by atoms with E-state index in [-0.39, 0.29) is 24.3 Å². The first-order valence-corrected chi connectivity index (χ1v) is 10.8. The predicted octanol–water partition coefficient (Wildman–Crippen LogP) is 5.85. The summed E-state index contributed by atoms with van der Waals surface area (Å²) in [7, 11) is 0. The fourth-order valence-corrected chi connectivity index (χ4v) is 3.21. The molecule has 8 nitrogen and oxygen atoms in total. The summed E-state index contributed by atoms with van der Waals surface area (Å²) in [6.07, 6.45) is 3.90. The number of hydrogen-bond donors (Lipinski definition) is 3. The number of halogens is 2. The number of rotatable bonds is 9. The van der Waals surface area contributed by atoms with Gasteiger partial charge in [-0.2, -0.15) is 4.98 Å². The number of amides is 1. The molecule has 1 amide bonds. The molecule has 35 heavy (non-hydrogen) atoms. The molecule has 0 fully saturated rings. The molecule has 176 valence electrons. The summed E-state index contributed by atoms with van der Waals surface area (Å²) in [5.41, 5.74) is 2.41. The third kappa shape index (κ3) is 6.52. The van der Waals surface area contributed by atoms with Crippen molar-refractivity contribution in [2.45, 2.75) is 6.61 Å². The number of carbonyl (C=O) groups is 1. The number of nitrogens with zero attached hydrogens (tertiary/aromatic N) is 3. The summed E-state index contributed by atoms with van der Waals surface area (Å²) >= 11 is 6.35. The van der Waals surface area contributed by atoms with Crippen molar-refractivity contribution < 1.29 is 13.9 Å². The molecular weight excluding hydrogens is 471 g/mol. The van der Waals surface area contributed by atoms with E-state index in [2.05, 4.69) is 37.5 Å². The van der Waals surface area contributed by atoms with E-state index in [4.69, 9.17) is 16.3 Å². The molecule has 0 saturated heterocycles. The van der Waals surface area contributed by atoms with Crippen LogP contribution in [0.25, 0.3) is 0 Å². The minimum Gasteiger partial charge on any atom is -0.486 e. The number of hydrogen-bond acceptors (Lipinski definition) is 7. The van der Waals surface area contributed by atoms with Crippen molar-refractivity contribution in [1.82, 2.24) is 15.0 Å². The molecule has 0 aliphatic rings. The highest BCUT2D eigenvalue weighted by Gasteiger charge is 2.10. The van der Waals surface area contributed by atoms with Crippen LogP contribution in [0.15, 0.2) is 85.7 Å². The first kappa shape index (κ1) is 23.7. The van der Waals surface area contributed by atoms with Gasteiger partial charge >= 0.3 is 0 Å². The topological polar surface area (TPSA) is 101 Å². The van der Waals surface area contributed by atoms with Gasteiger partial charge in [-0.1, -0.05) is 30.3 Å². The molecule has 0 atom stereocenters. The number of ether oxygens (including phenoxy) is 1. The lowest BCUT2D eigenvalue weighted by Gasteiger charge is -2.12. The zero-order chi connectivity index (χ0) is 24.6. The molecule has 2 aromatic carbocycles. The van der Waals surface area contributed by atoms with E-state index in [9.17, 15) is 9.18 Å². The highest BCUT2D eigenvalue weighted by atomic mass is 35.5. The Morgan fingerprint density at radius 1 is 1.03 bits per heavy atom. The highest BCUT2D eigenvalue weighted by molar-refractivity contribution is 6.32. The Hall–Kier alpha value is -4.50. The maximum Gasteiger partial charge on any atom is 0.247 e. The van der Waals surface area contributed by atoms with E-state index in [0.717, 1.165) is 18.0 Å². The molecule has 3 N–H and O–H groups in total. The van der Waals surface area contributed by atoms with Crippen molar-refractivity contribution >= 4 is 46.3 Å². The Balaban J connectivity index is 1.44. The second-order valence-corrected chi connectivity index (χ2v) is 7.58. The van der Waals surface area contributed by atoms with Gasteiger partial charge in [0.25, 0.3) is 0 Å². The molecule has 0 spiro atoms. The average molecular weight is 491 g/mol. The van der Waals surface area contributed by atoms with Crippen LogP contribution in [0.2, 0.25) is 5.02 Å². The smallest absolute Gasteiger partial charge is 0.247 e. The summed E-state index contributed by atoms with van der Waals surface area (Å²) < 4.78 is 20.1. The van der Waals surface area contributed by atoms with E-state index in [1.54, 1.807) is 48.7 Å². The van der Waals surface area contributed by atoms with Gasteiger partial charge in [-0.15, -0.1) is 0 Å². The lowest BCUT2D eigenvalue weighted by Crippen LogP contribution is -2.07. The van der Waals surface area contributed by atoms with E-state index < -0.39 is 5.82 Å². The van der Waals surface area contributed by atoms with Crippen molar-refractivity contribution in [2.24, 2.45) is 0 Å². The standard InChI is InChI=1S/C25H20ClFN6O2/c1-2-23(34)30-16-7-5-8-17(12-16)31-24-21(27)14-29-25(33-24)32-18-9-10-22(20(26)13-18)35-15-19-6-3-4-11-28-19/h2-14H,1,15H2,(H,30,34)(H2,29,31,32,33). The number of nitrogens with one attached hydrogen (secondary N) is 3. The Labute approximate surface area is 205 Å².